The minimum absolute atomic E-state index is 0.143. The second-order valence-electron chi connectivity index (χ2n) is 13.2. The van der Waals surface area contributed by atoms with Crippen LogP contribution in [-0.4, -0.2) is 101 Å². The largest absolute Gasteiger partial charge is 0.474 e. The molecular weight excluding hydrogens is 550 g/mol. The molecule has 5 rings (SSSR count). The van der Waals surface area contributed by atoms with Crippen molar-refractivity contribution in [1.82, 2.24) is 29.3 Å². The highest BCUT2D eigenvalue weighted by atomic mass is 16.5. The van der Waals surface area contributed by atoms with E-state index in [1.54, 1.807) is 6.08 Å². The van der Waals surface area contributed by atoms with Crippen molar-refractivity contribution in [2.24, 2.45) is 0 Å². The lowest BCUT2D eigenvalue weighted by molar-refractivity contribution is -0.114. The van der Waals surface area contributed by atoms with E-state index in [9.17, 15) is 4.79 Å². The third-order valence-corrected chi connectivity index (χ3v) is 8.88. The first kappa shape index (κ1) is 32.1. The number of ether oxygens (including phenoxy) is 1. The van der Waals surface area contributed by atoms with Crippen LogP contribution >= 0.6 is 0 Å². The number of benzene rings is 1. The van der Waals surface area contributed by atoms with Gasteiger partial charge in [0.2, 0.25) is 5.88 Å². The number of hydrogen-bond acceptors (Lipinski definition) is 8. The highest BCUT2D eigenvalue weighted by Crippen LogP contribution is 2.27. The second-order valence-corrected chi connectivity index (χ2v) is 13.2. The van der Waals surface area contributed by atoms with Gasteiger partial charge in [-0.2, -0.15) is 14.6 Å². The summed E-state index contributed by atoms with van der Waals surface area (Å²) in [7, 11) is 6.17. The van der Waals surface area contributed by atoms with Gasteiger partial charge in [-0.15, -0.1) is 0 Å². The van der Waals surface area contributed by atoms with Crippen LogP contribution in [0.5, 0.6) is 5.88 Å². The van der Waals surface area contributed by atoms with Crippen molar-refractivity contribution in [3.8, 4) is 5.88 Å². The van der Waals surface area contributed by atoms with E-state index in [0.29, 0.717) is 24.3 Å². The van der Waals surface area contributed by atoms with Gasteiger partial charge in [0.1, 0.15) is 11.9 Å². The summed E-state index contributed by atoms with van der Waals surface area (Å²) in [5, 5.41) is 8.47. The molecule has 0 aliphatic carbocycles. The van der Waals surface area contributed by atoms with Crippen molar-refractivity contribution in [3.63, 3.8) is 0 Å². The van der Waals surface area contributed by atoms with Gasteiger partial charge in [-0.05, 0) is 76.5 Å². The van der Waals surface area contributed by atoms with Crippen molar-refractivity contribution >= 4 is 17.2 Å². The van der Waals surface area contributed by atoms with Gasteiger partial charge >= 0.3 is 0 Å². The lowest BCUT2D eigenvalue weighted by Gasteiger charge is -2.36. The predicted octanol–water partition coefficient (Wildman–Crippen LogP) is 5.02. The van der Waals surface area contributed by atoms with Crippen molar-refractivity contribution in [1.29, 1.82) is 0 Å². The molecule has 0 saturated carbocycles. The van der Waals surface area contributed by atoms with Gasteiger partial charge in [0.05, 0.1) is 6.20 Å². The fourth-order valence-electron chi connectivity index (χ4n) is 6.20. The molecule has 2 aliphatic rings. The summed E-state index contributed by atoms with van der Waals surface area (Å²) in [6, 6.07) is 11.0. The molecule has 1 atom stereocenters. The summed E-state index contributed by atoms with van der Waals surface area (Å²) >= 11 is 0. The number of likely N-dealkylation sites (tertiary alicyclic amines) is 2. The predicted molar refractivity (Wildman–Crippen MR) is 178 cm³/mol. The number of rotatable bonds is 13. The minimum Gasteiger partial charge on any atom is -0.474 e. The van der Waals surface area contributed by atoms with E-state index < -0.39 is 0 Å². The molecule has 4 heterocycles. The Bertz CT molecular complexity index is 1390. The van der Waals surface area contributed by atoms with Crippen LogP contribution in [0.25, 0.3) is 5.65 Å². The molecule has 238 valence electrons. The number of carbonyl (C=O) groups excluding carboxylic acids is 1. The van der Waals surface area contributed by atoms with Crippen LogP contribution in [0, 0.1) is 0 Å². The molecule has 2 aliphatic heterocycles. The van der Waals surface area contributed by atoms with Crippen molar-refractivity contribution in [3.05, 3.63) is 65.4 Å². The molecule has 3 aromatic rings. The normalized spacial score (nSPS) is 19.0. The average molecular weight is 602 g/mol. The van der Waals surface area contributed by atoms with Crippen molar-refractivity contribution < 1.29 is 9.53 Å². The Balaban J connectivity index is 1.24. The molecule has 1 unspecified atom stereocenters. The third-order valence-electron chi connectivity index (χ3n) is 8.88. The Kier molecular flexibility index (Phi) is 11.1. The number of nitrogens with one attached hydrogen (secondary N) is 1. The monoisotopic (exact) mass is 601 g/mol. The maximum Gasteiger partial charge on any atom is 0.219 e. The van der Waals surface area contributed by atoms with Gasteiger partial charge in [0.25, 0.3) is 0 Å². The van der Waals surface area contributed by atoms with Gasteiger partial charge in [-0.1, -0.05) is 50.6 Å². The highest BCUT2D eigenvalue weighted by molar-refractivity contribution is 5.91. The van der Waals surface area contributed by atoms with E-state index in [1.165, 1.54) is 18.4 Å². The Labute approximate surface area is 263 Å². The molecule has 0 spiro atoms. The molecule has 44 heavy (non-hydrogen) atoms. The molecule has 9 nitrogen and oxygen atoms in total. The maximum atomic E-state index is 12.3. The van der Waals surface area contributed by atoms with Crippen LogP contribution in [-0.2, 0) is 17.8 Å². The number of nitrogens with zero attached hydrogens (tertiary/aromatic N) is 6. The first-order valence-corrected chi connectivity index (χ1v) is 16.4. The van der Waals surface area contributed by atoms with Gasteiger partial charge in [-0.25, -0.2) is 0 Å². The van der Waals surface area contributed by atoms with E-state index in [1.807, 2.05) is 41.8 Å². The van der Waals surface area contributed by atoms with Gasteiger partial charge in [0.15, 0.2) is 11.4 Å². The molecular formula is C35H51N7O2. The fourth-order valence-corrected chi connectivity index (χ4v) is 6.20. The Hall–Kier alpha value is -3.27. The Morgan fingerprint density at radius 2 is 1.84 bits per heavy atom. The van der Waals surface area contributed by atoms with Gasteiger partial charge in [0, 0.05) is 56.8 Å². The summed E-state index contributed by atoms with van der Waals surface area (Å²) in [6.07, 6.45) is 11.9. The number of hydrogen-bond donors (Lipinski definition) is 1. The molecule has 9 heteroatoms. The lowest BCUT2D eigenvalue weighted by atomic mass is 10.00. The molecule has 2 saturated heterocycles. The number of carbonyl (C=O) groups is 1. The van der Waals surface area contributed by atoms with Gasteiger partial charge < -0.3 is 19.9 Å². The molecule has 2 aromatic heterocycles. The number of aromatic nitrogens is 3. The summed E-state index contributed by atoms with van der Waals surface area (Å²) in [6.45, 7) is 10.1. The van der Waals surface area contributed by atoms with Crippen LogP contribution in [0.15, 0.2) is 48.7 Å². The van der Waals surface area contributed by atoms with Gasteiger partial charge in [-0.3, -0.25) is 9.69 Å². The second kappa shape index (κ2) is 15.1. The topological polar surface area (TPSA) is 78.2 Å². The SMILES string of the molecule is CC(C)c1cnn2c(NCC3CCCCN3Cc3ccc(CC(=O)/C=C/CN(C)C)cc3)cc(OC3CCN(C)CC3)nc12. The molecule has 0 amide bonds. The zero-order valence-corrected chi connectivity index (χ0v) is 27.3. The van der Waals surface area contributed by atoms with E-state index in [0.717, 1.165) is 81.1 Å². The number of anilines is 1. The standard InChI is InChI=1S/C35H51N7O2/c1-26(2)32-24-37-42-33(22-34(38-35(32)42)44-31-15-19-40(5)20-16-31)36-23-29-9-6-7-18-41(29)25-28-13-11-27(12-14-28)21-30(43)10-8-17-39(3)4/h8,10-14,22,24,26,29,31,36H,6-7,9,15-21,23,25H2,1-5H3/b10-8+. The van der Waals surface area contributed by atoms with E-state index in [-0.39, 0.29) is 11.9 Å². The quantitative estimate of drug-likeness (QED) is 0.274. The summed E-state index contributed by atoms with van der Waals surface area (Å²) in [5.74, 6) is 2.09. The Morgan fingerprint density at radius 1 is 1.09 bits per heavy atom. The smallest absolute Gasteiger partial charge is 0.219 e. The van der Waals surface area contributed by atoms with Crippen LogP contribution in [0.2, 0.25) is 0 Å². The van der Waals surface area contributed by atoms with Crippen molar-refractivity contribution in [2.75, 3.05) is 59.2 Å². The first-order valence-electron chi connectivity index (χ1n) is 16.4. The van der Waals surface area contributed by atoms with Crippen LogP contribution in [0.1, 0.15) is 68.6 Å². The number of ketones is 1. The number of piperidine rings is 2. The van der Waals surface area contributed by atoms with E-state index in [4.69, 9.17) is 14.8 Å². The number of allylic oxidation sites excluding steroid dienone is 1. The number of likely N-dealkylation sites (N-methyl/N-ethyl adjacent to an activating group) is 1. The average Bonchev–Trinajstić information content (AvgIpc) is 3.43. The summed E-state index contributed by atoms with van der Waals surface area (Å²) < 4.78 is 8.40. The summed E-state index contributed by atoms with van der Waals surface area (Å²) in [4.78, 5) is 24.3. The molecule has 2 fully saturated rings. The zero-order chi connectivity index (χ0) is 31.1. The Morgan fingerprint density at radius 3 is 2.57 bits per heavy atom. The molecule has 1 aromatic carbocycles. The van der Waals surface area contributed by atoms with Crippen LogP contribution in [0.3, 0.4) is 0 Å². The van der Waals surface area contributed by atoms with E-state index in [2.05, 4.69) is 60.3 Å². The highest BCUT2D eigenvalue weighted by Gasteiger charge is 2.24. The third kappa shape index (κ3) is 8.67. The van der Waals surface area contributed by atoms with Crippen LogP contribution in [0.4, 0.5) is 5.82 Å². The first-order chi connectivity index (χ1) is 21.2. The lowest BCUT2D eigenvalue weighted by Crippen LogP contribution is -2.43. The molecule has 1 N–H and O–H groups in total. The molecule has 0 bridgehead atoms. The maximum absolute atomic E-state index is 12.3. The van der Waals surface area contributed by atoms with Crippen LogP contribution < -0.4 is 10.1 Å². The number of fused-ring (bicyclic) bond motifs is 1. The minimum atomic E-state index is 0.143. The molecule has 0 radical (unpaired) electrons. The van der Waals surface area contributed by atoms with Crippen molar-refractivity contribution in [2.45, 2.75) is 77.0 Å². The zero-order valence-electron chi connectivity index (χ0n) is 27.3. The van der Waals surface area contributed by atoms with E-state index >= 15 is 0 Å². The summed E-state index contributed by atoms with van der Waals surface area (Å²) in [5.41, 5.74) is 4.35. The fraction of sp³-hybridized carbons (Fsp3) is 0.571.